The average molecular weight is 249 g/mol. The zero-order valence-corrected chi connectivity index (χ0v) is 11.6. The van der Waals surface area contributed by atoms with Gasteiger partial charge in [-0.05, 0) is 25.3 Å². The first-order valence-electron chi connectivity index (χ1n) is 6.76. The van der Waals surface area contributed by atoms with Gasteiger partial charge in [-0.3, -0.25) is 4.79 Å². The largest absolute Gasteiger partial charge is 0.469 e. The topological polar surface area (TPSA) is 30.7 Å². The number of carbonyl (C=O) groups is 1. The molecule has 0 amide bonds. The van der Waals surface area contributed by atoms with Gasteiger partial charge in [-0.15, -0.1) is 0 Å². The first kappa shape index (κ1) is 14.8. The van der Waals surface area contributed by atoms with Crippen LogP contribution in [0.1, 0.15) is 46.0 Å². The van der Waals surface area contributed by atoms with Crippen LogP contribution in [0.4, 0.5) is 0 Å². The smallest absolute Gasteiger partial charge is 0.313 e. The van der Waals surface area contributed by atoms with Gasteiger partial charge < -0.3 is 9.58 Å². The molecule has 0 aromatic carbocycles. The maximum Gasteiger partial charge on any atom is 0.313 e. The van der Waals surface area contributed by atoms with E-state index < -0.39 is 0 Å². The molecule has 0 spiro atoms. The molecule has 0 heterocycles. The Morgan fingerprint density at radius 1 is 1.56 bits per heavy atom. The van der Waals surface area contributed by atoms with Crippen LogP contribution in [0.3, 0.4) is 0 Å². The van der Waals surface area contributed by atoms with E-state index in [0.717, 1.165) is 24.8 Å². The summed E-state index contributed by atoms with van der Waals surface area (Å²) in [7, 11) is 1.44. The molecule has 3 heteroatoms. The fourth-order valence-electron chi connectivity index (χ4n) is 2.83. The quantitative estimate of drug-likeness (QED) is 0.322. The Balaban J connectivity index is 2.79. The molecular formula is C15H23NO2. The summed E-state index contributed by atoms with van der Waals surface area (Å²) in [5, 5.41) is 0. The van der Waals surface area contributed by atoms with Gasteiger partial charge in [-0.25, -0.2) is 6.57 Å². The van der Waals surface area contributed by atoms with E-state index >= 15 is 0 Å². The van der Waals surface area contributed by atoms with Crippen molar-refractivity contribution >= 4 is 5.97 Å². The molecule has 1 rings (SSSR count). The zero-order chi connectivity index (χ0) is 13.5. The third kappa shape index (κ3) is 3.60. The molecule has 1 aliphatic rings. The van der Waals surface area contributed by atoms with Gasteiger partial charge in [-0.1, -0.05) is 31.8 Å². The second kappa shape index (κ2) is 7.20. The second-order valence-corrected chi connectivity index (χ2v) is 5.10. The summed E-state index contributed by atoms with van der Waals surface area (Å²) in [4.78, 5) is 15.5. The highest BCUT2D eigenvalue weighted by Gasteiger charge is 2.37. The van der Waals surface area contributed by atoms with Crippen molar-refractivity contribution in [3.8, 4) is 0 Å². The van der Waals surface area contributed by atoms with E-state index in [4.69, 9.17) is 11.3 Å². The van der Waals surface area contributed by atoms with Crippen molar-refractivity contribution in [3.05, 3.63) is 23.1 Å². The van der Waals surface area contributed by atoms with Crippen molar-refractivity contribution < 1.29 is 9.53 Å². The summed E-state index contributed by atoms with van der Waals surface area (Å²) in [5.74, 6) is -0.00775. The van der Waals surface area contributed by atoms with E-state index in [-0.39, 0.29) is 23.8 Å². The van der Waals surface area contributed by atoms with Crippen molar-refractivity contribution in [2.75, 3.05) is 7.11 Å². The number of unbranched alkanes of at least 4 members (excludes halogenated alkanes) is 2. The predicted molar refractivity (Wildman–Crippen MR) is 71.9 cm³/mol. The minimum Gasteiger partial charge on any atom is -0.469 e. The molecule has 1 aliphatic carbocycles. The van der Waals surface area contributed by atoms with Gasteiger partial charge >= 0.3 is 5.97 Å². The average Bonchev–Trinajstić information content (AvgIpc) is 2.37. The molecule has 0 aromatic heterocycles. The number of methoxy groups -OCH3 is 1. The molecule has 0 saturated carbocycles. The third-order valence-electron chi connectivity index (χ3n) is 3.76. The highest BCUT2D eigenvalue weighted by Crippen LogP contribution is 2.36. The Hall–Kier alpha value is -1.30. The molecule has 0 fully saturated rings. The van der Waals surface area contributed by atoms with Crippen molar-refractivity contribution in [1.82, 2.24) is 0 Å². The second-order valence-electron chi connectivity index (χ2n) is 5.10. The summed E-state index contributed by atoms with van der Waals surface area (Å²) >= 11 is 0. The molecule has 0 radical (unpaired) electrons. The molecule has 18 heavy (non-hydrogen) atoms. The lowest BCUT2D eigenvalue weighted by atomic mass is 9.75. The predicted octanol–water partition coefficient (Wildman–Crippen LogP) is 3.61. The zero-order valence-electron chi connectivity index (χ0n) is 11.6. The fourth-order valence-corrected chi connectivity index (χ4v) is 2.83. The molecule has 3 atom stereocenters. The SMILES string of the molecule is [C-]#[N+]C1C=C(C)C(C(=O)OC)C(CCCCC)C1. The van der Waals surface area contributed by atoms with Gasteiger partial charge in [0.2, 0.25) is 6.04 Å². The number of nitrogens with zero attached hydrogens (tertiary/aromatic N) is 1. The van der Waals surface area contributed by atoms with E-state index in [9.17, 15) is 4.79 Å². The van der Waals surface area contributed by atoms with Crippen LogP contribution >= 0.6 is 0 Å². The lowest BCUT2D eigenvalue weighted by Gasteiger charge is -2.29. The maximum atomic E-state index is 11.9. The minimum absolute atomic E-state index is 0.0578. The summed E-state index contributed by atoms with van der Waals surface area (Å²) in [6, 6.07) is -0.0578. The summed E-state index contributed by atoms with van der Waals surface area (Å²) < 4.78 is 4.91. The lowest BCUT2D eigenvalue weighted by molar-refractivity contribution is -0.146. The molecule has 3 nitrogen and oxygen atoms in total. The minimum atomic E-state index is -0.145. The van der Waals surface area contributed by atoms with Gasteiger partial charge in [-0.2, -0.15) is 0 Å². The van der Waals surface area contributed by atoms with Gasteiger partial charge in [0.05, 0.1) is 13.0 Å². The Kier molecular flexibility index (Phi) is 5.91. The van der Waals surface area contributed by atoms with Crippen molar-refractivity contribution in [2.24, 2.45) is 11.8 Å². The van der Waals surface area contributed by atoms with Gasteiger partial charge in [0.25, 0.3) is 0 Å². The summed E-state index contributed by atoms with van der Waals surface area (Å²) in [6.45, 7) is 11.3. The highest BCUT2D eigenvalue weighted by molar-refractivity contribution is 5.76. The van der Waals surface area contributed by atoms with Gasteiger partial charge in [0.15, 0.2) is 0 Å². The lowest BCUT2D eigenvalue weighted by Crippen LogP contribution is -2.32. The maximum absolute atomic E-state index is 11.9. The molecule has 0 bridgehead atoms. The monoisotopic (exact) mass is 249 g/mol. The Morgan fingerprint density at radius 2 is 2.28 bits per heavy atom. The van der Waals surface area contributed by atoms with Crippen molar-refractivity contribution in [2.45, 2.75) is 52.0 Å². The molecule has 100 valence electrons. The number of carbonyl (C=O) groups excluding carboxylic acids is 1. The fraction of sp³-hybridized carbons (Fsp3) is 0.733. The van der Waals surface area contributed by atoms with Gasteiger partial charge in [0, 0.05) is 6.42 Å². The normalized spacial score (nSPS) is 27.2. The van der Waals surface area contributed by atoms with E-state index in [2.05, 4.69) is 11.8 Å². The summed E-state index contributed by atoms with van der Waals surface area (Å²) in [5.41, 5.74) is 1.01. The van der Waals surface area contributed by atoms with Crippen LogP contribution in [0.2, 0.25) is 0 Å². The van der Waals surface area contributed by atoms with Gasteiger partial charge in [0.1, 0.15) is 0 Å². The van der Waals surface area contributed by atoms with Crippen molar-refractivity contribution in [3.63, 3.8) is 0 Å². The third-order valence-corrected chi connectivity index (χ3v) is 3.76. The van der Waals surface area contributed by atoms with E-state index in [1.54, 1.807) is 0 Å². The number of hydrogen-bond donors (Lipinski definition) is 0. The standard InChI is InChI=1S/C15H23NO2/c1-5-6-7-8-12-10-13(16-3)9-11(2)14(12)15(17)18-4/h9,12-14H,5-8,10H2,1-2,4H3. The molecule has 0 N–H and O–H groups in total. The van der Waals surface area contributed by atoms with Crippen LogP contribution < -0.4 is 0 Å². The number of rotatable bonds is 5. The Labute approximate surface area is 110 Å². The first-order valence-corrected chi connectivity index (χ1v) is 6.76. The number of esters is 1. The van der Waals surface area contributed by atoms with Crippen LogP contribution in [0.25, 0.3) is 4.85 Å². The molecule has 0 saturated heterocycles. The Morgan fingerprint density at radius 3 is 2.83 bits per heavy atom. The van der Waals surface area contributed by atoms with Crippen LogP contribution in [0.15, 0.2) is 11.6 Å². The highest BCUT2D eigenvalue weighted by atomic mass is 16.5. The van der Waals surface area contributed by atoms with Crippen LogP contribution in [0, 0.1) is 18.4 Å². The number of hydrogen-bond acceptors (Lipinski definition) is 2. The molecule has 3 unspecified atom stereocenters. The molecule has 0 aromatic rings. The molecular weight excluding hydrogens is 226 g/mol. The van der Waals surface area contributed by atoms with Crippen LogP contribution in [0.5, 0.6) is 0 Å². The van der Waals surface area contributed by atoms with E-state index in [1.807, 2.05) is 13.0 Å². The van der Waals surface area contributed by atoms with E-state index in [0.29, 0.717) is 0 Å². The van der Waals surface area contributed by atoms with Crippen LogP contribution in [-0.4, -0.2) is 19.1 Å². The van der Waals surface area contributed by atoms with Crippen LogP contribution in [-0.2, 0) is 9.53 Å². The number of ether oxygens (including phenoxy) is 1. The Bertz CT molecular complexity index is 354. The molecule has 0 aliphatic heterocycles. The summed E-state index contributed by atoms with van der Waals surface area (Å²) in [6.07, 6.45) is 7.25. The van der Waals surface area contributed by atoms with Crippen molar-refractivity contribution in [1.29, 1.82) is 0 Å². The first-order chi connectivity index (χ1) is 8.63. The van der Waals surface area contributed by atoms with E-state index in [1.165, 1.54) is 20.0 Å².